The summed E-state index contributed by atoms with van der Waals surface area (Å²) in [6.45, 7) is -0.256. The average molecular weight is 427 g/mol. The van der Waals surface area contributed by atoms with Crippen molar-refractivity contribution in [3.05, 3.63) is 64.8 Å². The number of ether oxygens (including phenoxy) is 2. The fourth-order valence-electron chi connectivity index (χ4n) is 2.65. The Morgan fingerprint density at radius 3 is 2.63 bits per heavy atom. The van der Waals surface area contributed by atoms with Crippen LogP contribution in [0.25, 0.3) is 10.9 Å². The summed E-state index contributed by atoms with van der Waals surface area (Å²) < 4.78 is 10.3. The lowest BCUT2D eigenvalue weighted by molar-refractivity contribution is -0.120. The molecule has 0 aliphatic carbocycles. The Morgan fingerprint density at radius 1 is 1.10 bits per heavy atom. The number of fused-ring (bicyclic) bond motifs is 1. The van der Waals surface area contributed by atoms with Crippen LogP contribution < -0.4 is 20.2 Å². The highest BCUT2D eigenvalue weighted by Crippen LogP contribution is 2.27. The number of rotatable bonds is 7. The number of aromatic nitrogens is 1. The fourth-order valence-corrected chi connectivity index (χ4v) is 2.85. The van der Waals surface area contributed by atoms with E-state index in [4.69, 9.17) is 21.1 Å². The van der Waals surface area contributed by atoms with Gasteiger partial charge in [0.15, 0.2) is 11.5 Å². The molecule has 9 heteroatoms. The number of amides is 2. The number of hydrazone groups is 1. The van der Waals surface area contributed by atoms with Crippen molar-refractivity contribution in [2.75, 3.05) is 20.8 Å². The van der Waals surface area contributed by atoms with Gasteiger partial charge in [0, 0.05) is 16.5 Å². The third-order valence-electron chi connectivity index (χ3n) is 4.15. The van der Waals surface area contributed by atoms with Crippen molar-refractivity contribution >= 4 is 40.5 Å². The molecule has 0 atom stereocenters. The zero-order valence-corrected chi connectivity index (χ0v) is 17.1. The number of carbonyl (C=O) groups excluding carboxylic acids is 2. The van der Waals surface area contributed by atoms with Gasteiger partial charge in [-0.25, -0.2) is 10.4 Å². The van der Waals surface area contributed by atoms with Gasteiger partial charge in [-0.1, -0.05) is 29.8 Å². The minimum Gasteiger partial charge on any atom is -0.493 e. The van der Waals surface area contributed by atoms with Gasteiger partial charge in [-0.3, -0.25) is 9.59 Å². The van der Waals surface area contributed by atoms with Crippen LogP contribution in [0.2, 0.25) is 5.15 Å². The van der Waals surface area contributed by atoms with Gasteiger partial charge in [0.25, 0.3) is 11.8 Å². The Bertz CT molecular complexity index is 1120. The maximum absolute atomic E-state index is 12.2. The van der Waals surface area contributed by atoms with Crippen molar-refractivity contribution in [1.82, 2.24) is 15.7 Å². The van der Waals surface area contributed by atoms with Crippen molar-refractivity contribution in [1.29, 1.82) is 0 Å². The first-order valence-corrected chi connectivity index (χ1v) is 9.27. The van der Waals surface area contributed by atoms with E-state index in [0.717, 1.165) is 10.9 Å². The van der Waals surface area contributed by atoms with Crippen molar-refractivity contribution in [2.24, 2.45) is 5.10 Å². The Labute approximate surface area is 177 Å². The monoisotopic (exact) mass is 426 g/mol. The van der Waals surface area contributed by atoms with Gasteiger partial charge in [-0.15, -0.1) is 0 Å². The molecule has 3 rings (SSSR count). The number of nitrogens with zero attached hydrogens (tertiary/aromatic N) is 2. The second-order valence-corrected chi connectivity index (χ2v) is 6.46. The lowest BCUT2D eigenvalue weighted by Gasteiger charge is -2.09. The Morgan fingerprint density at radius 2 is 1.87 bits per heavy atom. The summed E-state index contributed by atoms with van der Waals surface area (Å²) in [5, 5.41) is 7.56. The van der Waals surface area contributed by atoms with E-state index in [-0.39, 0.29) is 11.7 Å². The summed E-state index contributed by atoms with van der Waals surface area (Å²) >= 11 is 6.14. The average Bonchev–Trinajstić information content (AvgIpc) is 2.77. The summed E-state index contributed by atoms with van der Waals surface area (Å²) in [7, 11) is 2.98. The lowest BCUT2D eigenvalue weighted by Crippen LogP contribution is -2.34. The van der Waals surface area contributed by atoms with E-state index >= 15 is 0 Å². The number of methoxy groups -OCH3 is 2. The van der Waals surface area contributed by atoms with Crippen molar-refractivity contribution < 1.29 is 19.1 Å². The molecule has 0 saturated heterocycles. The van der Waals surface area contributed by atoms with Gasteiger partial charge in [0.2, 0.25) is 0 Å². The molecule has 0 fully saturated rings. The molecule has 2 amide bonds. The number of carbonyl (C=O) groups is 2. The first-order chi connectivity index (χ1) is 14.5. The third-order valence-corrected chi connectivity index (χ3v) is 4.46. The SMILES string of the molecule is COc1ccc(C(=O)NCC(=O)N/N=C\c2cc3ccccc3nc2Cl)cc1OC. The second-order valence-electron chi connectivity index (χ2n) is 6.11. The molecule has 1 aromatic heterocycles. The van der Waals surface area contributed by atoms with Crippen molar-refractivity contribution in [3.8, 4) is 11.5 Å². The van der Waals surface area contributed by atoms with Gasteiger partial charge in [0.05, 0.1) is 32.5 Å². The molecule has 0 bridgehead atoms. The molecular formula is C21H19ClN4O4. The molecule has 0 radical (unpaired) electrons. The van der Waals surface area contributed by atoms with Crippen LogP contribution in [0.1, 0.15) is 15.9 Å². The summed E-state index contributed by atoms with van der Waals surface area (Å²) in [4.78, 5) is 28.5. The number of halogens is 1. The largest absolute Gasteiger partial charge is 0.493 e. The summed E-state index contributed by atoms with van der Waals surface area (Å²) in [6.07, 6.45) is 1.40. The van der Waals surface area contributed by atoms with Crippen LogP contribution in [0.5, 0.6) is 11.5 Å². The molecule has 3 aromatic rings. The first kappa shape index (κ1) is 21.1. The summed E-state index contributed by atoms with van der Waals surface area (Å²) in [6, 6.07) is 14.0. The van der Waals surface area contributed by atoms with E-state index in [2.05, 4.69) is 20.8 Å². The van der Waals surface area contributed by atoms with E-state index in [1.165, 1.54) is 26.5 Å². The Hall–Kier alpha value is -3.65. The number of para-hydroxylation sites is 1. The molecule has 0 aliphatic rings. The van der Waals surface area contributed by atoms with Gasteiger partial charge in [0.1, 0.15) is 5.15 Å². The molecule has 2 N–H and O–H groups in total. The molecule has 0 aliphatic heterocycles. The molecular weight excluding hydrogens is 408 g/mol. The highest BCUT2D eigenvalue weighted by atomic mass is 35.5. The van der Waals surface area contributed by atoms with Crippen LogP contribution >= 0.6 is 11.6 Å². The molecule has 0 spiro atoms. The maximum Gasteiger partial charge on any atom is 0.259 e. The van der Waals surface area contributed by atoms with Gasteiger partial charge < -0.3 is 14.8 Å². The highest BCUT2D eigenvalue weighted by Gasteiger charge is 2.12. The molecule has 1 heterocycles. The predicted molar refractivity (Wildman–Crippen MR) is 114 cm³/mol. The van der Waals surface area contributed by atoms with Crippen LogP contribution in [0.3, 0.4) is 0 Å². The van der Waals surface area contributed by atoms with Crippen LogP contribution in [-0.2, 0) is 4.79 Å². The minimum absolute atomic E-state index is 0.256. The van der Waals surface area contributed by atoms with E-state index in [9.17, 15) is 9.59 Å². The maximum atomic E-state index is 12.2. The highest BCUT2D eigenvalue weighted by molar-refractivity contribution is 6.32. The molecule has 30 heavy (non-hydrogen) atoms. The van der Waals surface area contributed by atoms with Gasteiger partial charge in [-0.05, 0) is 30.3 Å². The molecule has 0 saturated carbocycles. The van der Waals surface area contributed by atoms with E-state index in [1.54, 1.807) is 12.1 Å². The lowest BCUT2D eigenvalue weighted by atomic mass is 10.2. The van der Waals surface area contributed by atoms with Crippen LogP contribution in [0, 0.1) is 0 Å². The van der Waals surface area contributed by atoms with Gasteiger partial charge >= 0.3 is 0 Å². The van der Waals surface area contributed by atoms with Crippen LogP contribution in [-0.4, -0.2) is 43.8 Å². The van der Waals surface area contributed by atoms with Gasteiger partial charge in [-0.2, -0.15) is 5.10 Å². The second kappa shape index (κ2) is 9.71. The summed E-state index contributed by atoms with van der Waals surface area (Å²) in [5.74, 6) is -0.00940. The molecule has 0 unspecified atom stereocenters. The number of pyridine rings is 1. The normalized spacial score (nSPS) is 10.8. The smallest absolute Gasteiger partial charge is 0.259 e. The number of hydrogen-bond donors (Lipinski definition) is 2. The predicted octanol–water partition coefficient (Wildman–Crippen LogP) is 2.79. The summed E-state index contributed by atoms with van der Waals surface area (Å²) in [5.41, 5.74) is 4.00. The van der Waals surface area contributed by atoms with E-state index in [0.29, 0.717) is 22.6 Å². The molecule has 2 aromatic carbocycles. The fraction of sp³-hybridized carbons (Fsp3) is 0.143. The zero-order valence-electron chi connectivity index (χ0n) is 16.3. The van der Waals surface area contributed by atoms with Crippen LogP contribution in [0.15, 0.2) is 53.6 Å². The quantitative estimate of drug-likeness (QED) is 0.343. The standard InChI is InChI=1S/C21H19ClN4O4/c1-29-17-8-7-14(10-18(17)30-2)21(28)23-12-19(27)26-24-11-15-9-13-5-3-4-6-16(13)25-20(15)22/h3-11H,12H2,1-2H3,(H,23,28)(H,26,27)/b24-11-. The number of hydrogen-bond acceptors (Lipinski definition) is 6. The topological polar surface area (TPSA) is 102 Å². The number of nitrogens with one attached hydrogen (secondary N) is 2. The third kappa shape index (κ3) is 5.03. The Balaban J connectivity index is 1.56. The van der Waals surface area contributed by atoms with Crippen molar-refractivity contribution in [2.45, 2.75) is 0 Å². The minimum atomic E-state index is -0.495. The first-order valence-electron chi connectivity index (χ1n) is 8.89. The molecule has 154 valence electrons. The van der Waals surface area contributed by atoms with E-state index < -0.39 is 11.8 Å². The number of benzene rings is 2. The zero-order chi connectivity index (χ0) is 21.5. The van der Waals surface area contributed by atoms with E-state index in [1.807, 2.05) is 30.3 Å². The Kier molecular flexibility index (Phi) is 6.82. The van der Waals surface area contributed by atoms with Crippen LogP contribution in [0.4, 0.5) is 0 Å². The molecule has 8 nitrogen and oxygen atoms in total. The van der Waals surface area contributed by atoms with Crippen molar-refractivity contribution in [3.63, 3.8) is 0 Å².